The van der Waals surface area contributed by atoms with Gasteiger partial charge in [-0.15, -0.1) is 0 Å². The molecule has 0 saturated carbocycles. The first kappa shape index (κ1) is 15.0. The van der Waals surface area contributed by atoms with Crippen LogP contribution in [0.25, 0.3) is 0 Å². The van der Waals surface area contributed by atoms with Crippen molar-refractivity contribution in [3.8, 4) is 0 Å². The molecule has 0 aromatic heterocycles. The van der Waals surface area contributed by atoms with E-state index in [1.807, 2.05) is 13.0 Å². The number of carboxylic acids is 1. The van der Waals surface area contributed by atoms with Crippen molar-refractivity contribution >= 4 is 5.97 Å². The van der Waals surface area contributed by atoms with Crippen LogP contribution in [0.2, 0.25) is 0 Å². The van der Waals surface area contributed by atoms with Crippen LogP contribution in [0.3, 0.4) is 0 Å². The molecule has 0 radical (unpaired) electrons. The molecule has 1 saturated heterocycles. The number of aliphatic carboxylic acids is 1. The maximum absolute atomic E-state index is 11.5. The average Bonchev–Trinajstić information content (AvgIpc) is 2.88. The molecule has 0 bridgehead atoms. The highest BCUT2D eigenvalue weighted by Gasteiger charge is 2.36. The molecular weight excluding hydrogens is 252 g/mol. The summed E-state index contributed by atoms with van der Waals surface area (Å²) >= 11 is 0. The number of carboxylic acid groups (broad SMARTS) is 1. The summed E-state index contributed by atoms with van der Waals surface area (Å²) in [4.78, 5) is 13.7. The van der Waals surface area contributed by atoms with Crippen molar-refractivity contribution in [1.82, 2.24) is 10.2 Å². The van der Waals surface area contributed by atoms with Crippen molar-refractivity contribution in [3.63, 3.8) is 0 Å². The second kappa shape index (κ2) is 6.37. The van der Waals surface area contributed by atoms with Gasteiger partial charge < -0.3 is 15.3 Å². The lowest BCUT2D eigenvalue weighted by Gasteiger charge is -2.30. The lowest BCUT2D eigenvalue weighted by molar-refractivity contribution is -0.144. The normalized spacial score (nSPS) is 22.6. The summed E-state index contributed by atoms with van der Waals surface area (Å²) < 4.78 is 0. The molecule has 20 heavy (non-hydrogen) atoms. The van der Waals surface area contributed by atoms with Gasteiger partial charge in [0.25, 0.3) is 0 Å². The van der Waals surface area contributed by atoms with Crippen LogP contribution in [0.1, 0.15) is 31.7 Å². The molecule has 2 N–H and O–H groups in total. The maximum Gasteiger partial charge on any atom is 0.324 e. The zero-order valence-corrected chi connectivity index (χ0v) is 12.3. The Hall–Kier alpha value is -1.39. The fraction of sp³-hybridized carbons (Fsp3) is 0.562. The van der Waals surface area contributed by atoms with Gasteiger partial charge in [0.15, 0.2) is 0 Å². The minimum Gasteiger partial charge on any atom is -0.480 e. The molecule has 0 aliphatic carbocycles. The number of hydrogen-bond acceptors (Lipinski definition) is 3. The lowest BCUT2D eigenvalue weighted by atomic mass is 9.98. The minimum absolute atomic E-state index is 0.524. The molecular formula is C16H24N2O2. The van der Waals surface area contributed by atoms with E-state index in [-0.39, 0.29) is 0 Å². The van der Waals surface area contributed by atoms with E-state index in [0.717, 1.165) is 19.5 Å². The van der Waals surface area contributed by atoms with E-state index >= 15 is 0 Å². The zero-order chi connectivity index (χ0) is 14.6. The van der Waals surface area contributed by atoms with Crippen LogP contribution in [0, 0.1) is 0 Å². The van der Waals surface area contributed by atoms with E-state index < -0.39 is 11.5 Å². The van der Waals surface area contributed by atoms with Crippen LogP contribution in [-0.2, 0) is 4.79 Å². The van der Waals surface area contributed by atoms with Crippen molar-refractivity contribution in [2.45, 2.75) is 31.7 Å². The van der Waals surface area contributed by atoms with Gasteiger partial charge in [-0.3, -0.25) is 4.79 Å². The molecule has 2 atom stereocenters. The summed E-state index contributed by atoms with van der Waals surface area (Å²) in [5.41, 5.74) is 0.496. The number of carbonyl (C=O) groups is 1. The molecule has 1 fully saturated rings. The first-order chi connectivity index (χ1) is 9.55. The van der Waals surface area contributed by atoms with Gasteiger partial charge in [-0.1, -0.05) is 37.3 Å². The number of rotatable bonds is 6. The van der Waals surface area contributed by atoms with Crippen LogP contribution >= 0.6 is 0 Å². The summed E-state index contributed by atoms with van der Waals surface area (Å²) in [5, 5.41) is 12.5. The number of hydrogen-bond donors (Lipinski definition) is 2. The average molecular weight is 276 g/mol. The molecule has 1 aromatic carbocycles. The molecule has 1 aliphatic rings. The number of nitrogens with zero attached hydrogens (tertiary/aromatic N) is 1. The summed E-state index contributed by atoms with van der Waals surface area (Å²) in [6, 6.07) is 10.5. The molecule has 2 rings (SSSR count). The number of likely N-dealkylation sites (tertiary alicyclic amines) is 1. The van der Waals surface area contributed by atoms with Gasteiger partial charge in [-0.05, 0) is 37.9 Å². The molecule has 1 heterocycles. The fourth-order valence-electron chi connectivity index (χ4n) is 3.01. The Morgan fingerprint density at radius 1 is 1.45 bits per heavy atom. The highest BCUT2D eigenvalue weighted by Crippen LogP contribution is 2.27. The Morgan fingerprint density at radius 3 is 2.75 bits per heavy atom. The molecule has 4 heteroatoms. The van der Waals surface area contributed by atoms with Gasteiger partial charge in [0.05, 0.1) is 0 Å². The maximum atomic E-state index is 11.5. The second-order valence-corrected chi connectivity index (χ2v) is 5.80. The third-order valence-corrected chi connectivity index (χ3v) is 4.12. The Balaban J connectivity index is 1.97. The second-order valence-electron chi connectivity index (χ2n) is 5.80. The Kier molecular flexibility index (Phi) is 4.78. The van der Waals surface area contributed by atoms with Gasteiger partial charge in [0.2, 0.25) is 0 Å². The first-order valence-corrected chi connectivity index (χ1v) is 7.31. The van der Waals surface area contributed by atoms with E-state index in [4.69, 9.17) is 0 Å². The summed E-state index contributed by atoms with van der Waals surface area (Å²) in [6.07, 6.45) is 1.10. The van der Waals surface area contributed by atoms with Gasteiger partial charge in [0, 0.05) is 13.1 Å². The van der Waals surface area contributed by atoms with Crippen LogP contribution in [0.4, 0.5) is 0 Å². The monoisotopic (exact) mass is 276 g/mol. The van der Waals surface area contributed by atoms with E-state index in [9.17, 15) is 9.90 Å². The Bertz CT molecular complexity index is 449. The van der Waals surface area contributed by atoms with Crippen molar-refractivity contribution in [2.75, 3.05) is 26.2 Å². The van der Waals surface area contributed by atoms with Gasteiger partial charge >= 0.3 is 5.97 Å². The highest BCUT2D eigenvalue weighted by atomic mass is 16.4. The third kappa shape index (κ3) is 3.38. The number of benzene rings is 1. The largest absolute Gasteiger partial charge is 0.480 e. The van der Waals surface area contributed by atoms with Crippen molar-refractivity contribution in [1.29, 1.82) is 0 Å². The first-order valence-electron chi connectivity index (χ1n) is 7.31. The predicted octanol–water partition coefficient (Wildman–Crippen LogP) is 1.93. The third-order valence-electron chi connectivity index (χ3n) is 4.12. The standard InChI is InChI=1S/C16H24N2O2/c1-3-17-16(2,15(19)20)12-18-10-9-14(11-18)13-7-5-4-6-8-13/h4-8,14,17H,3,9-12H2,1-2H3,(H,19,20). The summed E-state index contributed by atoms with van der Waals surface area (Å²) in [5.74, 6) is -0.251. The van der Waals surface area contributed by atoms with Crippen LogP contribution in [-0.4, -0.2) is 47.7 Å². The fourth-order valence-corrected chi connectivity index (χ4v) is 3.01. The van der Waals surface area contributed by atoms with E-state index in [1.165, 1.54) is 5.56 Å². The number of likely N-dealkylation sites (N-methyl/N-ethyl adjacent to an activating group) is 1. The summed E-state index contributed by atoms with van der Waals surface area (Å²) in [7, 11) is 0. The van der Waals surface area contributed by atoms with E-state index in [1.54, 1.807) is 6.92 Å². The van der Waals surface area contributed by atoms with Gasteiger partial charge in [-0.2, -0.15) is 0 Å². The van der Waals surface area contributed by atoms with Crippen molar-refractivity contribution in [2.24, 2.45) is 0 Å². The zero-order valence-electron chi connectivity index (χ0n) is 12.3. The van der Waals surface area contributed by atoms with Crippen molar-refractivity contribution in [3.05, 3.63) is 35.9 Å². The SMILES string of the molecule is CCNC(C)(CN1CCC(c2ccccc2)C1)C(=O)O. The lowest BCUT2D eigenvalue weighted by Crippen LogP contribution is -2.56. The Morgan fingerprint density at radius 2 is 2.15 bits per heavy atom. The highest BCUT2D eigenvalue weighted by molar-refractivity contribution is 5.78. The molecule has 0 amide bonds. The van der Waals surface area contributed by atoms with Crippen LogP contribution < -0.4 is 5.32 Å². The van der Waals surface area contributed by atoms with E-state index in [2.05, 4.69) is 34.5 Å². The molecule has 1 aromatic rings. The number of nitrogens with one attached hydrogen (secondary N) is 1. The molecule has 1 aliphatic heterocycles. The van der Waals surface area contributed by atoms with Crippen LogP contribution in [0.15, 0.2) is 30.3 Å². The predicted molar refractivity (Wildman–Crippen MR) is 80.0 cm³/mol. The van der Waals surface area contributed by atoms with Gasteiger partial charge in [-0.25, -0.2) is 0 Å². The summed E-state index contributed by atoms with van der Waals surface area (Å²) in [6.45, 7) is 6.84. The molecule has 4 nitrogen and oxygen atoms in total. The molecule has 0 spiro atoms. The molecule has 2 unspecified atom stereocenters. The quantitative estimate of drug-likeness (QED) is 0.833. The molecule has 110 valence electrons. The van der Waals surface area contributed by atoms with Crippen LogP contribution in [0.5, 0.6) is 0 Å². The Labute approximate surface area is 120 Å². The minimum atomic E-state index is -0.861. The van der Waals surface area contributed by atoms with E-state index in [0.29, 0.717) is 19.0 Å². The van der Waals surface area contributed by atoms with Crippen molar-refractivity contribution < 1.29 is 9.90 Å². The topological polar surface area (TPSA) is 52.6 Å². The van der Waals surface area contributed by atoms with Gasteiger partial charge in [0.1, 0.15) is 5.54 Å². The smallest absolute Gasteiger partial charge is 0.324 e.